The van der Waals surface area contributed by atoms with Gasteiger partial charge in [0.05, 0.1) is 17.6 Å². The molecular formula is C12H11NO3S. The fourth-order valence-corrected chi connectivity index (χ4v) is 2.51. The lowest BCUT2D eigenvalue weighted by Crippen LogP contribution is -2.15. The van der Waals surface area contributed by atoms with E-state index in [0.29, 0.717) is 10.4 Å². The first kappa shape index (κ1) is 11.6. The number of thiophene rings is 1. The molecule has 5 heteroatoms. The number of hydrogen-bond donors (Lipinski definition) is 1. The molecule has 1 N–H and O–H groups in total. The number of amides is 1. The SMILES string of the molecule is CNC(=O)c1cc2cc(C(=O)OC)ccc2s1. The average Bonchev–Trinajstić information content (AvgIpc) is 2.79. The molecule has 0 aliphatic rings. The van der Waals surface area contributed by atoms with Crippen molar-refractivity contribution >= 4 is 33.3 Å². The third-order valence-electron chi connectivity index (χ3n) is 2.39. The molecule has 17 heavy (non-hydrogen) atoms. The number of ether oxygens (including phenoxy) is 1. The van der Waals surface area contributed by atoms with Crippen molar-refractivity contribution in [2.24, 2.45) is 0 Å². The van der Waals surface area contributed by atoms with E-state index in [1.54, 1.807) is 25.2 Å². The zero-order valence-corrected chi connectivity index (χ0v) is 10.3. The third kappa shape index (κ3) is 2.14. The Labute approximate surface area is 102 Å². The summed E-state index contributed by atoms with van der Waals surface area (Å²) in [5, 5.41) is 3.44. The number of benzene rings is 1. The maximum Gasteiger partial charge on any atom is 0.337 e. The first-order chi connectivity index (χ1) is 8.15. The Morgan fingerprint density at radius 1 is 1.29 bits per heavy atom. The predicted octanol–water partition coefficient (Wildman–Crippen LogP) is 2.05. The molecule has 1 heterocycles. The first-order valence-electron chi connectivity index (χ1n) is 4.99. The van der Waals surface area contributed by atoms with Gasteiger partial charge in [-0.3, -0.25) is 4.79 Å². The van der Waals surface area contributed by atoms with Crippen molar-refractivity contribution < 1.29 is 14.3 Å². The minimum atomic E-state index is -0.375. The molecule has 0 saturated heterocycles. The maximum absolute atomic E-state index is 11.5. The van der Waals surface area contributed by atoms with Crippen LogP contribution in [0.1, 0.15) is 20.0 Å². The fourth-order valence-electron chi connectivity index (χ4n) is 1.52. The number of carbonyl (C=O) groups excluding carboxylic acids is 2. The predicted molar refractivity (Wildman–Crippen MR) is 66.6 cm³/mol. The Kier molecular flexibility index (Phi) is 3.10. The summed E-state index contributed by atoms with van der Waals surface area (Å²) in [6.45, 7) is 0. The molecule has 0 atom stereocenters. The molecule has 0 saturated carbocycles. The third-order valence-corrected chi connectivity index (χ3v) is 3.50. The summed E-state index contributed by atoms with van der Waals surface area (Å²) < 4.78 is 5.61. The van der Waals surface area contributed by atoms with Crippen molar-refractivity contribution in [3.8, 4) is 0 Å². The molecule has 0 aliphatic carbocycles. The normalized spacial score (nSPS) is 10.2. The van der Waals surface area contributed by atoms with Gasteiger partial charge in [0.2, 0.25) is 0 Å². The summed E-state index contributed by atoms with van der Waals surface area (Å²) in [6.07, 6.45) is 0. The highest BCUT2D eigenvalue weighted by atomic mass is 32.1. The van der Waals surface area contributed by atoms with Crippen molar-refractivity contribution in [1.29, 1.82) is 0 Å². The van der Waals surface area contributed by atoms with Gasteiger partial charge in [-0.15, -0.1) is 11.3 Å². The summed E-state index contributed by atoms with van der Waals surface area (Å²) in [4.78, 5) is 23.5. The molecule has 4 nitrogen and oxygen atoms in total. The molecule has 0 unspecified atom stereocenters. The standard InChI is InChI=1S/C12H11NO3S/c1-13-11(14)10-6-8-5-7(12(15)16-2)3-4-9(8)17-10/h3-6H,1-2H3,(H,13,14). The fraction of sp³-hybridized carbons (Fsp3) is 0.167. The van der Waals surface area contributed by atoms with Crippen LogP contribution in [0, 0.1) is 0 Å². The Bertz CT molecular complexity index is 574. The highest BCUT2D eigenvalue weighted by Gasteiger charge is 2.11. The van der Waals surface area contributed by atoms with Crippen LogP contribution in [-0.4, -0.2) is 26.0 Å². The Morgan fingerprint density at radius 2 is 2.06 bits per heavy atom. The van der Waals surface area contributed by atoms with Crippen LogP contribution in [0.15, 0.2) is 24.3 Å². The van der Waals surface area contributed by atoms with Crippen LogP contribution in [-0.2, 0) is 4.74 Å². The molecule has 1 amide bonds. The van der Waals surface area contributed by atoms with Gasteiger partial charge in [0, 0.05) is 11.7 Å². The van der Waals surface area contributed by atoms with Crippen molar-refractivity contribution in [3.05, 3.63) is 34.7 Å². The first-order valence-corrected chi connectivity index (χ1v) is 5.81. The van der Waals surface area contributed by atoms with E-state index in [2.05, 4.69) is 10.1 Å². The van der Waals surface area contributed by atoms with Gasteiger partial charge >= 0.3 is 5.97 Å². The molecule has 0 radical (unpaired) electrons. The van der Waals surface area contributed by atoms with Crippen LogP contribution in [0.3, 0.4) is 0 Å². The average molecular weight is 249 g/mol. The van der Waals surface area contributed by atoms with Crippen LogP contribution >= 0.6 is 11.3 Å². The van der Waals surface area contributed by atoms with Crippen molar-refractivity contribution in [1.82, 2.24) is 5.32 Å². The highest BCUT2D eigenvalue weighted by Crippen LogP contribution is 2.26. The number of esters is 1. The van der Waals surface area contributed by atoms with Crippen molar-refractivity contribution in [2.45, 2.75) is 0 Å². The van der Waals surface area contributed by atoms with Gasteiger partial charge in [-0.1, -0.05) is 0 Å². The second-order valence-electron chi connectivity index (χ2n) is 3.43. The Balaban J connectivity index is 2.48. The van der Waals surface area contributed by atoms with E-state index < -0.39 is 0 Å². The lowest BCUT2D eigenvalue weighted by atomic mass is 10.1. The molecule has 0 fully saturated rings. The number of rotatable bonds is 2. The summed E-state index contributed by atoms with van der Waals surface area (Å²) in [5.74, 6) is -0.495. The monoisotopic (exact) mass is 249 g/mol. The van der Waals surface area contributed by atoms with Gasteiger partial charge in [-0.05, 0) is 29.7 Å². The molecule has 1 aromatic heterocycles. The number of carbonyl (C=O) groups is 2. The molecule has 0 bridgehead atoms. The number of hydrogen-bond acceptors (Lipinski definition) is 4. The molecule has 0 aliphatic heterocycles. The minimum Gasteiger partial charge on any atom is -0.465 e. The van der Waals surface area contributed by atoms with Crippen LogP contribution < -0.4 is 5.32 Å². The molecule has 88 valence electrons. The summed E-state index contributed by atoms with van der Waals surface area (Å²) >= 11 is 1.39. The van der Waals surface area contributed by atoms with E-state index in [4.69, 9.17) is 0 Å². The smallest absolute Gasteiger partial charge is 0.337 e. The number of fused-ring (bicyclic) bond motifs is 1. The lowest BCUT2D eigenvalue weighted by Gasteiger charge is -1.97. The van der Waals surface area contributed by atoms with E-state index in [1.807, 2.05) is 6.07 Å². The van der Waals surface area contributed by atoms with Gasteiger partial charge in [-0.2, -0.15) is 0 Å². The minimum absolute atomic E-state index is 0.120. The van der Waals surface area contributed by atoms with Gasteiger partial charge in [0.15, 0.2) is 0 Å². The number of nitrogens with one attached hydrogen (secondary N) is 1. The zero-order chi connectivity index (χ0) is 12.4. The maximum atomic E-state index is 11.5. The van der Waals surface area contributed by atoms with Gasteiger partial charge in [-0.25, -0.2) is 4.79 Å². The molecule has 0 spiro atoms. The number of methoxy groups -OCH3 is 1. The quantitative estimate of drug-likeness (QED) is 0.829. The van der Waals surface area contributed by atoms with E-state index in [-0.39, 0.29) is 11.9 Å². The van der Waals surface area contributed by atoms with Crippen molar-refractivity contribution in [2.75, 3.05) is 14.2 Å². The second-order valence-corrected chi connectivity index (χ2v) is 4.52. The van der Waals surface area contributed by atoms with E-state index >= 15 is 0 Å². The Morgan fingerprint density at radius 3 is 2.71 bits per heavy atom. The molecular weight excluding hydrogens is 238 g/mol. The van der Waals surface area contributed by atoms with Crippen LogP contribution in [0.4, 0.5) is 0 Å². The summed E-state index contributed by atoms with van der Waals surface area (Å²) in [6, 6.07) is 7.01. The lowest BCUT2D eigenvalue weighted by molar-refractivity contribution is 0.0601. The van der Waals surface area contributed by atoms with E-state index in [1.165, 1.54) is 18.4 Å². The largest absolute Gasteiger partial charge is 0.465 e. The second kappa shape index (κ2) is 4.55. The molecule has 2 aromatic rings. The topological polar surface area (TPSA) is 55.4 Å². The van der Waals surface area contributed by atoms with Gasteiger partial charge < -0.3 is 10.1 Å². The van der Waals surface area contributed by atoms with E-state index in [9.17, 15) is 9.59 Å². The van der Waals surface area contributed by atoms with Crippen molar-refractivity contribution in [3.63, 3.8) is 0 Å². The van der Waals surface area contributed by atoms with Gasteiger partial charge in [0.25, 0.3) is 5.91 Å². The molecule has 1 aromatic carbocycles. The van der Waals surface area contributed by atoms with Gasteiger partial charge in [0.1, 0.15) is 0 Å². The zero-order valence-electron chi connectivity index (χ0n) is 9.44. The van der Waals surface area contributed by atoms with Crippen LogP contribution in [0.2, 0.25) is 0 Å². The summed E-state index contributed by atoms with van der Waals surface area (Å²) in [7, 11) is 2.93. The Hall–Kier alpha value is -1.88. The van der Waals surface area contributed by atoms with E-state index in [0.717, 1.165) is 10.1 Å². The highest BCUT2D eigenvalue weighted by molar-refractivity contribution is 7.20. The van der Waals surface area contributed by atoms with Crippen LogP contribution in [0.25, 0.3) is 10.1 Å². The molecule has 2 rings (SSSR count). The summed E-state index contributed by atoms with van der Waals surface area (Å²) in [5.41, 5.74) is 0.487. The van der Waals surface area contributed by atoms with Crippen LogP contribution in [0.5, 0.6) is 0 Å².